The number of hydrogen-bond donors (Lipinski definition) is 0. The molecule has 0 N–H and O–H groups in total. The zero-order valence-electron chi connectivity index (χ0n) is 7.05. The Bertz CT molecular complexity index is 337. The fourth-order valence-electron chi connectivity index (χ4n) is 1.32. The lowest BCUT2D eigenvalue weighted by Gasteiger charge is -2.07. The van der Waals surface area contributed by atoms with E-state index in [1.807, 2.05) is 18.2 Å². The quantitative estimate of drug-likeness (QED) is 0.702. The molecule has 1 aliphatic carbocycles. The molecule has 1 heterocycles. The van der Waals surface area contributed by atoms with Gasteiger partial charge in [0, 0.05) is 10.9 Å². The van der Waals surface area contributed by atoms with E-state index in [0.717, 1.165) is 22.4 Å². The monoisotopic (exact) mass is 240 g/mol. The van der Waals surface area contributed by atoms with Gasteiger partial charge >= 0.3 is 0 Å². The summed E-state index contributed by atoms with van der Waals surface area (Å²) in [6, 6.07) is 0. The molecule has 0 atom stereocenters. The molecule has 3 heteroatoms. The molecule has 0 saturated carbocycles. The van der Waals surface area contributed by atoms with Gasteiger partial charge in [-0.3, -0.25) is 0 Å². The minimum atomic E-state index is 0.345. The van der Waals surface area contributed by atoms with Crippen molar-refractivity contribution in [2.75, 3.05) is 6.79 Å². The highest BCUT2D eigenvalue weighted by Gasteiger charge is 2.19. The van der Waals surface area contributed by atoms with Gasteiger partial charge < -0.3 is 9.47 Å². The summed E-state index contributed by atoms with van der Waals surface area (Å²) in [5.41, 5.74) is 1.17. The van der Waals surface area contributed by atoms with Crippen molar-refractivity contribution in [3.63, 3.8) is 0 Å². The van der Waals surface area contributed by atoms with E-state index in [1.165, 1.54) is 5.57 Å². The van der Waals surface area contributed by atoms with Gasteiger partial charge in [-0.05, 0) is 17.7 Å². The van der Waals surface area contributed by atoms with Crippen LogP contribution in [0.25, 0.3) is 0 Å². The van der Waals surface area contributed by atoms with Crippen LogP contribution in [0.4, 0.5) is 0 Å². The second-order valence-electron chi connectivity index (χ2n) is 2.87. The molecule has 0 aromatic carbocycles. The second-order valence-corrected chi connectivity index (χ2v) is 3.89. The van der Waals surface area contributed by atoms with Crippen LogP contribution in [0.5, 0.6) is 0 Å². The van der Waals surface area contributed by atoms with Gasteiger partial charge in [-0.25, -0.2) is 0 Å². The lowest BCUT2D eigenvalue weighted by atomic mass is 10.1. The lowest BCUT2D eigenvalue weighted by molar-refractivity contribution is 0.0736. The van der Waals surface area contributed by atoms with E-state index in [1.54, 1.807) is 0 Å². The average Bonchev–Trinajstić information content (AvgIpc) is 2.49. The van der Waals surface area contributed by atoms with Gasteiger partial charge in [0.15, 0.2) is 5.76 Å². The minimum absolute atomic E-state index is 0.345. The van der Waals surface area contributed by atoms with E-state index in [0.29, 0.717) is 6.79 Å². The van der Waals surface area contributed by atoms with Crippen LogP contribution in [0, 0.1) is 0 Å². The molecule has 2 nitrogen and oxygen atoms in total. The van der Waals surface area contributed by atoms with Crippen LogP contribution in [0.1, 0.15) is 6.42 Å². The first-order valence-electron chi connectivity index (χ1n) is 3.97. The summed E-state index contributed by atoms with van der Waals surface area (Å²) in [5.74, 6) is 1.78. The third-order valence-electron chi connectivity index (χ3n) is 1.88. The number of allylic oxidation sites excluding steroid dienone is 5. The first kappa shape index (κ1) is 8.63. The summed E-state index contributed by atoms with van der Waals surface area (Å²) in [4.78, 5) is 0. The largest absolute Gasteiger partial charge is 0.458 e. The fraction of sp³-hybridized carbons (Fsp3) is 0.200. The van der Waals surface area contributed by atoms with Crippen molar-refractivity contribution in [2.24, 2.45) is 0 Å². The van der Waals surface area contributed by atoms with Gasteiger partial charge in [0.05, 0.1) is 0 Å². The van der Waals surface area contributed by atoms with Gasteiger partial charge in [-0.2, -0.15) is 0 Å². The molecule has 0 aromatic rings. The Balaban J connectivity index is 2.18. The molecule has 68 valence electrons. The summed E-state index contributed by atoms with van der Waals surface area (Å²) in [7, 11) is 0. The minimum Gasteiger partial charge on any atom is -0.458 e. The van der Waals surface area contributed by atoms with Crippen LogP contribution < -0.4 is 0 Å². The van der Waals surface area contributed by atoms with Crippen LogP contribution in [-0.2, 0) is 9.47 Å². The molecule has 0 bridgehead atoms. The Hall–Kier alpha value is -0.960. The van der Waals surface area contributed by atoms with E-state index in [-0.39, 0.29) is 0 Å². The van der Waals surface area contributed by atoms with Crippen molar-refractivity contribution in [2.45, 2.75) is 6.42 Å². The Labute approximate surface area is 85.3 Å². The normalized spacial score (nSPS) is 22.7. The SMILES string of the molecule is C=C(Br)C=C1C=CC2=C(C1)OCO2. The lowest BCUT2D eigenvalue weighted by Crippen LogP contribution is -1.93. The molecule has 2 aliphatic rings. The highest BCUT2D eigenvalue weighted by molar-refractivity contribution is 9.11. The molecule has 13 heavy (non-hydrogen) atoms. The highest BCUT2D eigenvalue weighted by atomic mass is 79.9. The summed E-state index contributed by atoms with van der Waals surface area (Å²) >= 11 is 3.29. The van der Waals surface area contributed by atoms with Crippen molar-refractivity contribution in [1.82, 2.24) is 0 Å². The summed E-state index contributed by atoms with van der Waals surface area (Å²) in [5, 5.41) is 0. The maximum Gasteiger partial charge on any atom is 0.230 e. The fourth-order valence-corrected chi connectivity index (χ4v) is 1.62. The predicted molar refractivity (Wildman–Crippen MR) is 54.0 cm³/mol. The van der Waals surface area contributed by atoms with Crippen LogP contribution in [0.2, 0.25) is 0 Å². The molecule has 0 saturated heterocycles. The number of rotatable bonds is 1. The summed E-state index contributed by atoms with van der Waals surface area (Å²) < 4.78 is 11.4. The molecule has 2 rings (SSSR count). The molecule has 0 amide bonds. The van der Waals surface area contributed by atoms with Gasteiger partial charge in [0.1, 0.15) is 5.76 Å². The summed E-state index contributed by atoms with van der Waals surface area (Å²) in [6.45, 7) is 4.10. The van der Waals surface area contributed by atoms with E-state index < -0.39 is 0 Å². The van der Waals surface area contributed by atoms with Gasteiger partial charge in [0.2, 0.25) is 6.79 Å². The van der Waals surface area contributed by atoms with Gasteiger partial charge in [0.25, 0.3) is 0 Å². The Morgan fingerprint density at radius 2 is 2.31 bits per heavy atom. The maximum atomic E-state index is 5.29. The van der Waals surface area contributed by atoms with E-state index in [4.69, 9.17) is 9.47 Å². The number of ether oxygens (including phenoxy) is 2. The zero-order valence-corrected chi connectivity index (χ0v) is 8.63. The van der Waals surface area contributed by atoms with Crippen LogP contribution in [0.3, 0.4) is 0 Å². The second kappa shape index (κ2) is 3.42. The molecule has 0 fully saturated rings. The van der Waals surface area contributed by atoms with E-state index >= 15 is 0 Å². The number of halogens is 1. The van der Waals surface area contributed by atoms with Crippen molar-refractivity contribution in [1.29, 1.82) is 0 Å². The predicted octanol–water partition coefficient (Wildman–Crippen LogP) is 3.00. The molecule has 0 radical (unpaired) electrons. The maximum absolute atomic E-state index is 5.29. The van der Waals surface area contributed by atoms with E-state index in [9.17, 15) is 0 Å². The molecular weight excluding hydrogens is 232 g/mol. The molecule has 1 aliphatic heterocycles. The Kier molecular flexibility index (Phi) is 2.27. The van der Waals surface area contributed by atoms with Crippen molar-refractivity contribution in [3.05, 3.63) is 46.4 Å². The number of hydrogen-bond acceptors (Lipinski definition) is 2. The molecule has 0 aromatic heterocycles. The van der Waals surface area contributed by atoms with Crippen molar-refractivity contribution >= 4 is 15.9 Å². The third-order valence-corrected chi connectivity index (χ3v) is 2.11. The first-order valence-corrected chi connectivity index (χ1v) is 4.77. The average molecular weight is 241 g/mol. The standard InChI is InChI=1S/C10H9BrO2/c1-7(11)4-8-2-3-9-10(5-8)13-6-12-9/h2-4H,1,5-6H2. The van der Waals surface area contributed by atoms with E-state index in [2.05, 4.69) is 22.5 Å². The van der Waals surface area contributed by atoms with Gasteiger partial charge in [-0.1, -0.05) is 28.6 Å². The Morgan fingerprint density at radius 3 is 3.08 bits per heavy atom. The third kappa shape index (κ3) is 1.86. The zero-order chi connectivity index (χ0) is 9.26. The Morgan fingerprint density at radius 1 is 1.46 bits per heavy atom. The smallest absolute Gasteiger partial charge is 0.230 e. The van der Waals surface area contributed by atoms with Crippen molar-refractivity contribution in [3.8, 4) is 0 Å². The topological polar surface area (TPSA) is 18.5 Å². The molecule has 0 unspecified atom stereocenters. The van der Waals surface area contributed by atoms with Crippen molar-refractivity contribution < 1.29 is 9.47 Å². The highest BCUT2D eigenvalue weighted by Crippen LogP contribution is 2.29. The summed E-state index contributed by atoms with van der Waals surface area (Å²) in [6.07, 6.45) is 6.70. The van der Waals surface area contributed by atoms with Crippen LogP contribution in [0.15, 0.2) is 46.4 Å². The van der Waals surface area contributed by atoms with Crippen LogP contribution in [-0.4, -0.2) is 6.79 Å². The van der Waals surface area contributed by atoms with Crippen LogP contribution >= 0.6 is 15.9 Å². The van der Waals surface area contributed by atoms with Gasteiger partial charge in [-0.15, -0.1) is 0 Å². The molecule has 0 spiro atoms. The first-order chi connectivity index (χ1) is 6.25. The molecular formula is C10H9BrO2.